The van der Waals surface area contributed by atoms with Crippen LogP contribution in [0.15, 0.2) is 77.5 Å². The van der Waals surface area contributed by atoms with E-state index in [1.807, 2.05) is 43.3 Å². The molecule has 6 nitrogen and oxygen atoms in total. The van der Waals surface area contributed by atoms with E-state index in [-0.39, 0.29) is 22.9 Å². The molecule has 0 saturated carbocycles. The van der Waals surface area contributed by atoms with Crippen LogP contribution in [0.4, 0.5) is 13.2 Å². The van der Waals surface area contributed by atoms with Crippen LogP contribution in [0.25, 0.3) is 27.7 Å². The van der Waals surface area contributed by atoms with Crippen LogP contribution in [0.2, 0.25) is 0 Å². The zero-order valence-corrected chi connectivity index (χ0v) is 19.7. The lowest BCUT2D eigenvalue weighted by Gasteiger charge is -2.24. The molecule has 1 unspecified atom stereocenters. The molecule has 9 heteroatoms. The number of amides is 1. The van der Waals surface area contributed by atoms with E-state index in [4.69, 9.17) is 4.42 Å². The van der Waals surface area contributed by atoms with E-state index in [1.165, 1.54) is 4.90 Å². The predicted molar refractivity (Wildman–Crippen MR) is 130 cm³/mol. The molecule has 0 aliphatic rings. The molecule has 0 N–H and O–H groups in total. The molecular formula is C27H23F3N4O2. The van der Waals surface area contributed by atoms with Gasteiger partial charge in [-0.2, -0.15) is 18.3 Å². The summed E-state index contributed by atoms with van der Waals surface area (Å²) >= 11 is 0. The SMILES string of the molecule is CC(CCc1ccco1)N(C)C(=O)c1cnn2c(C(F)(F)F)cc(-c3cccc4ccccc34)nc12. The summed E-state index contributed by atoms with van der Waals surface area (Å²) in [5, 5.41) is 5.54. The molecule has 0 aliphatic carbocycles. The monoisotopic (exact) mass is 492 g/mol. The van der Waals surface area contributed by atoms with Gasteiger partial charge in [-0.1, -0.05) is 42.5 Å². The molecule has 3 aromatic heterocycles. The van der Waals surface area contributed by atoms with Crippen molar-refractivity contribution < 1.29 is 22.4 Å². The lowest BCUT2D eigenvalue weighted by molar-refractivity contribution is -0.142. The number of furan rings is 1. The Labute approximate surface area is 205 Å². The zero-order valence-electron chi connectivity index (χ0n) is 19.7. The molecule has 2 aromatic carbocycles. The average Bonchev–Trinajstić information content (AvgIpc) is 3.55. The Morgan fingerprint density at radius 3 is 2.64 bits per heavy atom. The molecule has 0 saturated heterocycles. The van der Waals surface area contributed by atoms with Crippen LogP contribution in [0.1, 0.15) is 35.2 Å². The van der Waals surface area contributed by atoms with Gasteiger partial charge in [0, 0.05) is 25.1 Å². The van der Waals surface area contributed by atoms with Crippen molar-refractivity contribution in [1.82, 2.24) is 19.5 Å². The first-order chi connectivity index (χ1) is 17.2. The van der Waals surface area contributed by atoms with Crippen molar-refractivity contribution in [2.24, 2.45) is 0 Å². The number of fused-ring (bicyclic) bond motifs is 2. The summed E-state index contributed by atoms with van der Waals surface area (Å²) in [4.78, 5) is 19.4. The van der Waals surface area contributed by atoms with Gasteiger partial charge in [0.05, 0.1) is 18.2 Å². The Kier molecular flexibility index (Phi) is 5.99. The highest BCUT2D eigenvalue weighted by Gasteiger charge is 2.36. The minimum Gasteiger partial charge on any atom is -0.469 e. The van der Waals surface area contributed by atoms with Crippen molar-refractivity contribution in [3.63, 3.8) is 0 Å². The number of hydrogen-bond donors (Lipinski definition) is 0. The third-order valence-electron chi connectivity index (χ3n) is 6.43. The van der Waals surface area contributed by atoms with Gasteiger partial charge >= 0.3 is 6.18 Å². The van der Waals surface area contributed by atoms with E-state index in [2.05, 4.69) is 10.1 Å². The number of hydrogen-bond acceptors (Lipinski definition) is 4. The highest BCUT2D eigenvalue weighted by Crippen LogP contribution is 2.35. The number of benzene rings is 2. The third-order valence-corrected chi connectivity index (χ3v) is 6.43. The molecule has 0 fully saturated rings. The Bertz CT molecular complexity index is 1540. The van der Waals surface area contributed by atoms with Crippen LogP contribution >= 0.6 is 0 Å². The molecular weight excluding hydrogens is 469 g/mol. The molecule has 5 aromatic rings. The molecule has 1 atom stereocenters. The van der Waals surface area contributed by atoms with E-state index in [9.17, 15) is 18.0 Å². The van der Waals surface area contributed by atoms with Crippen LogP contribution in [0, 0.1) is 0 Å². The second-order valence-corrected chi connectivity index (χ2v) is 8.73. The van der Waals surface area contributed by atoms with Crippen molar-refractivity contribution in [1.29, 1.82) is 0 Å². The summed E-state index contributed by atoms with van der Waals surface area (Å²) in [7, 11) is 1.62. The first-order valence-corrected chi connectivity index (χ1v) is 11.5. The van der Waals surface area contributed by atoms with Gasteiger partial charge in [-0.05, 0) is 42.3 Å². The summed E-state index contributed by atoms with van der Waals surface area (Å²) in [6.07, 6.45) is -0.706. The van der Waals surface area contributed by atoms with Crippen molar-refractivity contribution in [2.45, 2.75) is 32.0 Å². The van der Waals surface area contributed by atoms with Gasteiger partial charge in [0.25, 0.3) is 5.91 Å². The van der Waals surface area contributed by atoms with Crippen LogP contribution in [0.3, 0.4) is 0 Å². The fourth-order valence-corrected chi connectivity index (χ4v) is 4.29. The fraction of sp³-hybridized carbons (Fsp3) is 0.222. The number of aromatic nitrogens is 3. The number of halogens is 3. The molecule has 0 aliphatic heterocycles. The van der Waals surface area contributed by atoms with Gasteiger partial charge in [-0.15, -0.1) is 0 Å². The van der Waals surface area contributed by atoms with Crippen molar-refractivity contribution >= 4 is 22.3 Å². The summed E-state index contributed by atoms with van der Waals surface area (Å²) in [6, 6.07) is 17.2. The third kappa shape index (κ3) is 4.32. The maximum atomic E-state index is 14.1. The topological polar surface area (TPSA) is 63.6 Å². The van der Waals surface area contributed by atoms with E-state index < -0.39 is 17.8 Å². The first kappa shape index (κ1) is 23.6. The molecule has 1 amide bonds. The molecule has 5 rings (SSSR count). The van der Waals surface area contributed by atoms with Crippen molar-refractivity contribution in [3.05, 3.63) is 90.1 Å². The lowest BCUT2D eigenvalue weighted by atomic mass is 10.0. The van der Waals surface area contributed by atoms with Gasteiger partial charge in [0.2, 0.25) is 0 Å². The Morgan fingerprint density at radius 2 is 1.89 bits per heavy atom. The van der Waals surface area contributed by atoms with E-state index in [1.54, 1.807) is 31.5 Å². The second kappa shape index (κ2) is 9.14. The molecule has 0 bridgehead atoms. The van der Waals surface area contributed by atoms with Crippen LogP contribution in [-0.2, 0) is 12.6 Å². The highest BCUT2D eigenvalue weighted by molar-refractivity contribution is 6.01. The highest BCUT2D eigenvalue weighted by atomic mass is 19.4. The van der Waals surface area contributed by atoms with Crippen LogP contribution in [-0.4, -0.2) is 38.5 Å². The summed E-state index contributed by atoms with van der Waals surface area (Å²) in [5.74, 6) is 0.350. The second-order valence-electron chi connectivity index (χ2n) is 8.73. The first-order valence-electron chi connectivity index (χ1n) is 11.5. The normalized spacial score (nSPS) is 12.8. The fourth-order valence-electron chi connectivity index (χ4n) is 4.29. The van der Waals surface area contributed by atoms with Crippen LogP contribution < -0.4 is 0 Å². The number of alkyl halides is 3. The molecule has 36 heavy (non-hydrogen) atoms. The molecule has 0 radical (unpaired) electrons. The number of carbonyl (C=O) groups excluding carboxylic acids is 1. The maximum Gasteiger partial charge on any atom is 0.433 e. The largest absolute Gasteiger partial charge is 0.469 e. The minimum absolute atomic E-state index is 0.00920. The summed E-state index contributed by atoms with van der Waals surface area (Å²) in [6.45, 7) is 1.88. The molecule has 3 heterocycles. The quantitative estimate of drug-likeness (QED) is 0.281. The number of aryl methyl sites for hydroxylation is 1. The van der Waals surface area contributed by atoms with Gasteiger partial charge < -0.3 is 9.32 Å². The summed E-state index contributed by atoms with van der Waals surface area (Å²) in [5.41, 5.74) is -0.462. The van der Waals surface area contributed by atoms with Gasteiger partial charge in [-0.25, -0.2) is 9.50 Å². The van der Waals surface area contributed by atoms with Crippen LogP contribution in [0.5, 0.6) is 0 Å². The lowest BCUT2D eigenvalue weighted by Crippen LogP contribution is -2.35. The van der Waals surface area contributed by atoms with Crippen molar-refractivity contribution in [2.75, 3.05) is 7.05 Å². The van der Waals surface area contributed by atoms with E-state index >= 15 is 0 Å². The smallest absolute Gasteiger partial charge is 0.433 e. The van der Waals surface area contributed by atoms with Gasteiger partial charge in [-0.3, -0.25) is 4.79 Å². The Morgan fingerprint density at radius 1 is 1.11 bits per heavy atom. The number of carbonyl (C=O) groups is 1. The average molecular weight is 493 g/mol. The predicted octanol–water partition coefficient (Wildman–Crippen LogP) is 6.25. The summed E-state index contributed by atoms with van der Waals surface area (Å²) < 4.78 is 48.2. The Hall–Kier alpha value is -4.14. The number of nitrogens with zero attached hydrogens (tertiary/aromatic N) is 4. The van der Waals surface area contributed by atoms with Crippen molar-refractivity contribution in [3.8, 4) is 11.3 Å². The van der Waals surface area contributed by atoms with E-state index in [0.29, 0.717) is 22.9 Å². The number of rotatable bonds is 6. The zero-order chi connectivity index (χ0) is 25.4. The standard InChI is InChI=1S/C27H23F3N4O2/c1-17(12-13-19-9-6-14-36-19)33(2)26(35)22-16-31-34-24(27(28,29)30)15-23(32-25(22)34)21-11-5-8-18-7-3-4-10-20(18)21/h3-11,14-17H,12-13H2,1-2H3. The molecule has 0 spiro atoms. The molecule has 184 valence electrons. The minimum atomic E-state index is -4.70. The Balaban J connectivity index is 1.57. The van der Waals surface area contributed by atoms with Gasteiger partial charge in [0.1, 0.15) is 11.3 Å². The maximum absolute atomic E-state index is 14.1. The van der Waals surface area contributed by atoms with E-state index in [0.717, 1.165) is 28.8 Å². The van der Waals surface area contributed by atoms with Gasteiger partial charge in [0.15, 0.2) is 11.3 Å².